The van der Waals surface area contributed by atoms with Crippen LogP contribution in [0, 0.1) is 5.82 Å². The summed E-state index contributed by atoms with van der Waals surface area (Å²) in [4.78, 5) is 62.3. The third-order valence-corrected chi connectivity index (χ3v) is 9.04. The number of imide groups is 2. The van der Waals surface area contributed by atoms with E-state index in [4.69, 9.17) is 28.4 Å². The van der Waals surface area contributed by atoms with Crippen LogP contribution >= 0.6 is 0 Å². The molecule has 0 bridgehead atoms. The van der Waals surface area contributed by atoms with Gasteiger partial charge in [0.1, 0.15) is 19.3 Å². The molecular weight excluding hydrogens is 717 g/mol. The molecule has 55 heavy (non-hydrogen) atoms. The van der Waals surface area contributed by atoms with E-state index in [0.717, 1.165) is 50.0 Å². The van der Waals surface area contributed by atoms with Gasteiger partial charge in [0.2, 0.25) is 17.7 Å². The zero-order chi connectivity index (χ0) is 38.1. The predicted octanol–water partition coefficient (Wildman–Crippen LogP) is 3.84. The van der Waals surface area contributed by atoms with Gasteiger partial charge in [-0.2, -0.15) is 0 Å². The quantitative estimate of drug-likeness (QED) is 0.0920. The Hall–Kier alpha value is -5.81. The maximum Gasteiger partial charge on any atom is 0.262 e. The zero-order valence-corrected chi connectivity index (χ0v) is 29.7. The Morgan fingerprint density at radius 1 is 0.691 bits per heavy atom. The van der Waals surface area contributed by atoms with Crippen LogP contribution in [0.3, 0.4) is 0 Å². The topological polar surface area (TPSA) is 180 Å². The molecule has 1 unspecified atom stereocenters. The normalized spacial score (nSPS) is 15.6. The second kappa shape index (κ2) is 17.6. The number of hydrogen-bond acceptors (Lipinski definition) is 12. The lowest BCUT2D eigenvalue weighted by Gasteiger charge is -2.27. The molecule has 1 atom stereocenters. The Morgan fingerprint density at radius 2 is 1.35 bits per heavy atom. The average molecular weight is 756 g/mol. The van der Waals surface area contributed by atoms with E-state index in [1.807, 2.05) is 24.4 Å². The van der Waals surface area contributed by atoms with Crippen molar-refractivity contribution in [3.05, 3.63) is 84.1 Å². The Kier molecular flexibility index (Phi) is 12.0. The lowest BCUT2D eigenvalue weighted by atomic mass is 10.0. The van der Waals surface area contributed by atoms with Crippen LogP contribution in [0.1, 0.15) is 33.6 Å². The van der Waals surface area contributed by atoms with Gasteiger partial charge in [-0.1, -0.05) is 12.1 Å². The molecule has 4 amide bonds. The van der Waals surface area contributed by atoms with Crippen molar-refractivity contribution in [3.63, 3.8) is 0 Å². The lowest BCUT2D eigenvalue weighted by molar-refractivity contribution is -0.136. The molecule has 2 N–H and O–H groups in total. The van der Waals surface area contributed by atoms with E-state index in [1.54, 1.807) is 12.4 Å². The maximum atomic E-state index is 14.7. The van der Waals surface area contributed by atoms with Crippen LogP contribution in [-0.4, -0.2) is 116 Å². The number of rotatable bonds is 19. The first-order valence-electron chi connectivity index (χ1n) is 17.8. The molecule has 0 radical (unpaired) electrons. The number of halogens is 1. The standard InChI is InChI=1S/C39H38FN5O10/c40-30-20-27-28(39(49)45(38(27)48)33-4-5-35(46)44-37(33)47)21-34(30)54-17-15-52-13-11-50-9-10-51-12-14-53-16-18-55-36-6-2-25(22-42-36)24-1-3-26-29-23-41-8-7-31(29)43-32(26)19-24/h1-3,6-8,19-23,33,43H,4-5,9-18H2,(H,44,46,47). The highest BCUT2D eigenvalue weighted by atomic mass is 19.1. The minimum atomic E-state index is -1.14. The highest BCUT2D eigenvalue weighted by molar-refractivity contribution is 6.23. The monoisotopic (exact) mass is 755 g/mol. The van der Waals surface area contributed by atoms with Crippen molar-refractivity contribution < 1.29 is 52.0 Å². The lowest BCUT2D eigenvalue weighted by Crippen LogP contribution is -2.54. The highest BCUT2D eigenvalue weighted by Crippen LogP contribution is 2.32. The summed E-state index contributed by atoms with van der Waals surface area (Å²) < 4.78 is 47.8. The number of nitrogens with one attached hydrogen (secondary N) is 2. The number of H-pyrrole nitrogens is 1. The first-order chi connectivity index (χ1) is 26.9. The first-order valence-corrected chi connectivity index (χ1v) is 17.8. The van der Waals surface area contributed by atoms with E-state index in [-0.39, 0.29) is 49.5 Å². The number of hydrogen-bond donors (Lipinski definition) is 2. The van der Waals surface area contributed by atoms with E-state index >= 15 is 0 Å². The van der Waals surface area contributed by atoms with E-state index in [1.165, 1.54) is 0 Å². The van der Waals surface area contributed by atoms with Gasteiger partial charge < -0.3 is 33.4 Å². The van der Waals surface area contributed by atoms with Gasteiger partial charge in [0.15, 0.2) is 11.6 Å². The molecule has 15 nitrogen and oxygen atoms in total. The van der Waals surface area contributed by atoms with Gasteiger partial charge in [-0.3, -0.25) is 34.4 Å². The Bertz CT molecular complexity index is 2190. The van der Waals surface area contributed by atoms with E-state index in [0.29, 0.717) is 52.1 Å². The van der Waals surface area contributed by atoms with Gasteiger partial charge in [-0.05, 0) is 42.3 Å². The molecular formula is C39H38FN5O10. The molecule has 5 aromatic rings. The summed E-state index contributed by atoms with van der Waals surface area (Å²) in [5.41, 5.74) is 3.88. The van der Waals surface area contributed by atoms with Crippen molar-refractivity contribution >= 4 is 45.4 Å². The summed E-state index contributed by atoms with van der Waals surface area (Å²) >= 11 is 0. The summed E-state index contributed by atoms with van der Waals surface area (Å²) in [6.07, 6.45) is 5.42. The molecule has 2 aliphatic heterocycles. The van der Waals surface area contributed by atoms with Gasteiger partial charge in [0.25, 0.3) is 11.8 Å². The van der Waals surface area contributed by atoms with Gasteiger partial charge in [-0.25, -0.2) is 9.37 Å². The molecule has 1 fully saturated rings. The minimum absolute atomic E-state index is 0.00355. The molecule has 16 heteroatoms. The SMILES string of the molecule is O=C1CCC(N2C(=O)c3cc(F)c(OCCOCCOCCOCCOCCOc4ccc(-c5ccc6c(c5)[nH]c5ccncc56)cn4)cc3C2=O)C(=O)N1. The molecule has 0 spiro atoms. The summed E-state index contributed by atoms with van der Waals surface area (Å²) in [6.45, 7) is 2.95. The highest BCUT2D eigenvalue weighted by Gasteiger charge is 2.45. The summed E-state index contributed by atoms with van der Waals surface area (Å²) in [7, 11) is 0. The Morgan fingerprint density at radius 3 is 2.02 bits per heavy atom. The summed E-state index contributed by atoms with van der Waals surface area (Å²) in [5.74, 6) is -3.31. The van der Waals surface area contributed by atoms with Crippen molar-refractivity contribution in [2.75, 3.05) is 66.1 Å². The molecule has 0 saturated carbocycles. The van der Waals surface area contributed by atoms with Crippen LogP contribution in [0.4, 0.5) is 4.39 Å². The number of benzene rings is 2. The Balaban J connectivity index is 0.698. The fraction of sp³-hybridized carbons (Fsp3) is 0.333. The molecule has 286 valence electrons. The number of fused-ring (bicyclic) bond motifs is 4. The molecule has 7 rings (SSSR count). The largest absolute Gasteiger partial charge is 0.488 e. The van der Waals surface area contributed by atoms with Crippen molar-refractivity contribution in [1.82, 2.24) is 25.2 Å². The number of carbonyl (C=O) groups is 4. The third kappa shape index (κ3) is 8.78. The van der Waals surface area contributed by atoms with Gasteiger partial charge >= 0.3 is 0 Å². The number of nitrogens with zero attached hydrogens (tertiary/aromatic N) is 3. The number of carbonyl (C=O) groups excluding carboxylic acids is 4. The Labute approximate surface area is 314 Å². The van der Waals surface area contributed by atoms with Crippen LogP contribution in [0.25, 0.3) is 32.9 Å². The molecule has 5 heterocycles. The molecule has 2 aromatic carbocycles. The number of ether oxygens (including phenoxy) is 6. The average Bonchev–Trinajstić information content (AvgIpc) is 3.67. The molecule has 0 aliphatic carbocycles. The van der Waals surface area contributed by atoms with E-state index in [2.05, 4.69) is 38.5 Å². The fourth-order valence-electron chi connectivity index (χ4n) is 6.32. The third-order valence-electron chi connectivity index (χ3n) is 9.04. The van der Waals surface area contributed by atoms with Gasteiger partial charge in [0.05, 0.1) is 64.0 Å². The second-order valence-electron chi connectivity index (χ2n) is 12.6. The maximum absolute atomic E-state index is 14.7. The smallest absolute Gasteiger partial charge is 0.262 e. The minimum Gasteiger partial charge on any atom is -0.488 e. The fourth-order valence-corrected chi connectivity index (χ4v) is 6.32. The van der Waals surface area contributed by atoms with Crippen LogP contribution in [0.2, 0.25) is 0 Å². The predicted molar refractivity (Wildman–Crippen MR) is 194 cm³/mol. The number of aromatic nitrogens is 3. The molecule has 3 aromatic heterocycles. The summed E-state index contributed by atoms with van der Waals surface area (Å²) in [6, 6.07) is 13.0. The van der Waals surface area contributed by atoms with Crippen molar-refractivity contribution in [3.8, 4) is 22.8 Å². The van der Waals surface area contributed by atoms with Crippen molar-refractivity contribution in [2.45, 2.75) is 18.9 Å². The van der Waals surface area contributed by atoms with Crippen LogP contribution in [-0.2, 0) is 28.5 Å². The number of piperidine rings is 1. The van der Waals surface area contributed by atoms with Gasteiger partial charge in [0, 0.05) is 58.4 Å². The first kappa shape index (κ1) is 37.5. The van der Waals surface area contributed by atoms with Crippen LogP contribution in [0.15, 0.2) is 67.1 Å². The van der Waals surface area contributed by atoms with Crippen LogP contribution < -0.4 is 14.8 Å². The number of aromatic amines is 1. The number of pyridine rings is 2. The summed E-state index contributed by atoms with van der Waals surface area (Å²) in [5, 5.41) is 4.34. The van der Waals surface area contributed by atoms with E-state index < -0.39 is 35.5 Å². The number of amides is 4. The van der Waals surface area contributed by atoms with Crippen molar-refractivity contribution in [1.29, 1.82) is 0 Å². The molecule has 2 aliphatic rings. The molecule has 1 saturated heterocycles. The second-order valence-corrected chi connectivity index (χ2v) is 12.6. The van der Waals surface area contributed by atoms with E-state index in [9.17, 15) is 23.6 Å². The van der Waals surface area contributed by atoms with Gasteiger partial charge in [-0.15, -0.1) is 0 Å². The van der Waals surface area contributed by atoms with Crippen LogP contribution in [0.5, 0.6) is 11.6 Å². The zero-order valence-electron chi connectivity index (χ0n) is 29.7. The van der Waals surface area contributed by atoms with Crippen molar-refractivity contribution in [2.24, 2.45) is 0 Å².